The number of aliphatic hydroxyl groups excluding tert-OH is 2. The molecule has 0 bridgehead atoms. The van der Waals surface area contributed by atoms with E-state index in [1.54, 1.807) is 30.3 Å². The highest BCUT2D eigenvalue weighted by Crippen LogP contribution is 2.43. The highest BCUT2D eigenvalue weighted by molar-refractivity contribution is 6.12. The minimum atomic E-state index is -1.20. The first kappa shape index (κ1) is 29.7. The average Bonchev–Trinajstić information content (AvgIpc) is 3.28. The lowest BCUT2D eigenvalue weighted by Crippen LogP contribution is -2.22. The number of aliphatic hydroxyl groups is 2. The summed E-state index contributed by atoms with van der Waals surface area (Å²) in [7, 11) is 0. The molecule has 1 heterocycles. The Hall–Kier alpha value is -4.27. The Morgan fingerprint density at radius 2 is 1.49 bits per heavy atom. The number of carbonyl (C=O) groups excluding carboxylic acids is 1. The van der Waals surface area contributed by atoms with Crippen LogP contribution in [0.25, 0.3) is 22.4 Å². The zero-order chi connectivity index (χ0) is 29.5. The predicted octanol–water partition coefficient (Wildman–Crippen LogP) is 6.31. The van der Waals surface area contributed by atoms with Gasteiger partial charge in [-0.25, -0.2) is 4.39 Å². The van der Waals surface area contributed by atoms with E-state index in [2.05, 4.69) is 5.32 Å². The van der Waals surface area contributed by atoms with E-state index in [4.69, 9.17) is 5.11 Å². The lowest BCUT2D eigenvalue weighted by atomic mass is 9.94. The molecule has 8 heteroatoms. The van der Waals surface area contributed by atoms with E-state index in [1.807, 2.05) is 66.9 Å². The molecule has 0 aliphatic rings. The van der Waals surface area contributed by atoms with Crippen molar-refractivity contribution in [3.05, 3.63) is 102 Å². The van der Waals surface area contributed by atoms with Gasteiger partial charge in [-0.1, -0.05) is 74.5 Å². The van der Waals surface area contributed by atoms with Crippen LogP contribution in [0.1, 0.15) is 55.1 Å². The maximum atomic E-state index is 15.5. The molecule has 1 amide bonds. The Morgan fingerprint density at radius 3 is 2.10 bits per heavy atom. The Morgan fingerprint density at radius 1 is 0.878 bits per heavy atom. The van der Waals surface area contributed by atoms with Crippen LogP contribution in [-0.2, 0) is 11.3 Å². The number of amides is 1. The Labute approximate surface area is 238 Å². The second kappa shape index (κ2) is 13.4. The molecule has 0 saturated heterocycles. The number of aliphatic carboxylic acids is 1. The number of hydrogen-bond acceptors (Lipinski definition) is 4. The topological polar surface area (TPSA) is 112 Å². The number of para-hydroxylation sites is 1. The lowest BCUT2D eigenvalue weighted by Gasteiger charge is -2.20. The van der Waals surface area contributed by atoms with Gasteiger partial charge in [0, 0.05) is 29.1 Å². The first-order valence-corrected chi connectivity index (χ1v) is 13.7. The van der Waals surface area contributed by atoms with Crippen LogP contribution >= 0.6 is 0 Å². The number of carbonyl (C=O) groups is 2. The molecule has 214 valence electrons. The van der Waals surface area contributed by atoms with Crippen LogP contribution in [-0.4, -0.2) is 44.0 Å². The van der Waals surface area contributed by atoms with Gasteiger partial charge in [0.2, 0.25) is 0 Å². The summed E-state index contributed by atoms with van der Waals surface area (Å²) in [6.45, 7) is 4.12. The second-order valence-corrected chi connectivity index (χ2v) is 10.4. The molecule has 0 spiro atoms. The SMILES string of the molecule is CC(C)c1c(C(=O)Nc2ccccc2)c(-c2ccccc2)c(-c2ccccc2F)n1CCC(O)CC(O)CC(=O)O. The minimum Gasteiger partial charge on any atom is -0.481 e. The number of carboxylic acids is 1. The van der Waals surface area contributed by atoms with E-state index in [1.165, 1.54) is 6.07 Å². The fraction of sp³-hybridized carbons (Fsp3) is 0.273. The highest BCUT2D eigenvalue weighted by atomic mass is 19.1. The lowest BCUT2D eigenvalue weighted by molar-refractivity contribution is -0.139. The van der Waals surface area contributed by atoms with Crippen molar-refractivity contribution < 1.29 is 29.3 Å². The van der Waals surface area contributed by atoms with Crippen LogP contribution in [0.4, 0.5) is 10.1 Å². The van der Waals surface area contributed by atoms with E-state index in [0.29, 0.717) is 33.8 Å². The van der Waals surface area contributed by atoms with Crippen molar-refractivity contribution >= 4 is 17.6 Å². The number of nitrogens with zero attached hydrogens (tertiary/aromatic N) is 1. The van der Waals surface area contributed by atoms with E-state index in [-0.39, 0.29) is 31.2 Å². The van der Waals surface area contributed by atoms with Crippen molar-refractivity contribution in [3.63, 3.8) is 0 Å². The van der Waals surface area contributed by atoms with Crippen LogP contribution < -0.4 is 5.32 Å². The molecule has 4 rings (SSSR count). The van der Waals surface area contributed by atoms with Crippen LogP contribution in [0.3, 0.4) is 0 Å². The molecule has 0 radical (unpaired) electrons. The van der Waals surface area contributed by atoms with E-state index in [0.717, 1.165) is 5.56 Å². The first-order valence-electron chi connectivity index (χ1n) is 13.7. The van der Waals surface area contributed by atoms with Crippen molar-refractivity contribution in [1.82, 2.24) is 4.57 Å². The third kappa shape index (κ3) is 7.09. The van der Waals surface area contributed by atoms with E-state index >= 15 is 4.39 Å². The Balaban J connectivity index is 1.91. The summed E-state index contributed by atoms with van der Waals surface area (Å²) in [4.78, 5) is 25.0. The third-order valence-electron chi connectivity index (χ3n) is 6.94. The molecule has 0 aliphatic heterocycles. The summed E-state index contributed by atoms with van der Waals surface area (Å²) in [6, 6.07) is 24.8. The zero-order valence-electron chi connectivity index (χ0n) is 23.1. The fourth-order valence-electron chi connectivity index (χ4n) is 5.23. The first-order chi connectivity index (χ1) is 19.7. The third-order valence-corrected chi connectivity index (χ3v) is 6.94. The highest BCUT2D eigenvalue weighted by Gasteiger charge is 2.31. The molecule has 41 heavy (non-hydrogen) atoms. The standard InChI is InChI=1S/C33H35FN2O5/c1-21(2)31-30(33(41)35-23-13-7-4-8-14-23)29(22-11-5-3-6-12-22)32(26-15-9-10-16-27(26)34)36(31)18-17-24(37)19-25(38)20-28(39)40/h3-16,21,24-25,37-38H,17-20H2,1-2H3,(H,35,41)(H,39,40). The van der Waals surface area contributed by atoms with Gasteiger partial charge in [-0.3, -0.25) is 9.59 Å². The summed E-state index contributed by atoms with van der Waals surface area (Å²) in [5, 5.41) is 32.7. The monoisotopic (exact) mass is 558 g/mol. The molecule has 0 aliphatic carbocycles. The second-order valence-electron chi connectivity index (χ2n) is 10.4. The molecule has 0 fully saturated rings. The normalized spacial score (nSPS) is 12.7. The van der Waals surface area contributed by atoms with Gasteiger partial charge in [0.1, 0.15) is 5.82 Å². The van der Waals surface area contributed by atoms with Gasteiger partial charge in [-0.15, -0.1) is 0 Å². The van der Waals surface area contributed by atoms with Gasteiger partial charge in [0.15, 0.2) is 0 Å². The number of carboxylic acid groups (broad SMARTS) is 1. The molecule has 3 aromatic carbocycles. The minimum absolute atomic E-state index is 0.119. The van der Waals surface area contributed by atoms with Crippen LogP contribution in [0.15, 0.2) is 84.9 Å². The Kier molecular flexibility index (Phi) is 9.70. The van der Waals surface area contributed by atoms with Crippen molar-refractivity contribution in [3.8, 4) is 22.4 Å². The van der Waals surface area contributed by atoms with Gasteiger partial charge in [0.05, 0.1) is 29.9 Å². The molecule has 2 atom stereocenters. The maximum Gasteiger partial charge on any atom is 0.305 e. The van der Waals surface area contributed by atoms with Gasteiger partial charge < -0.3 is 25.2 Å². The molecule has 2 unspecified atom stereocenters. The quantitative estimate of drug-likeness (QED) is 0.163. The van der Waals surface area contributed by atoms with E-state index in [9.17, 15) is 19.8 Å². The number of rotatable bonds is 12. The molecular weight excluding hydrogens is 523 g/mol. The summed E-state index contributed by atoms with van der Waals surface area (Å²) >= 11 is 0. The van der Waals surface area contributed by atoms with Gasteiger partial charge in [-0.05, 0) is 48.6 Å². The summed E-state index contributed by atoms with van der Waals surface area (Å²) in [5.74, 6) is -2.11. The van der Waals surface area contributed by atoms with Gasteiger partial charge >= 0.3 is 5.97 Å². The molecule has 4 N–H and O–H groups in total. The number of benzene rings is 3. The average molecular weight is 559 g/mol. The number of nitrogens with one attached hydrogen (secondary N) is 1. The number of anilines is 1. The van der Waals surface area contributed by atoms with Crippen LogP contribution in [0.5, 0.6) is 0 Å². The molecule has 0 saturated carbocycles. The molecular formula is C33H35FN2O5. The van der Waals surface area contributed by atoms with Crippen molar-refractivity contribution in [2.75, 3.05) is 5.32 Å². The number of halogens is 1. The smallest absolute Gasteiger partial charge is 0.305 e. The zero-order valence-corrected chi connectivity index (χ0v) is 23.1. The molecule has 1 aromatic heterocycles. The van der Waals surface area contributed by atoms with Gasteiger partial charge in [-0.2, -0.15) is 0 Å². The number of hydrogen-bond donors (Lipinski definition) is 4. The van der Waals surface area contributed by atoms with E-state index < -0.39 is 30.4 Å². The van der Waals surface area contributed by atoms with Crippen molar-refractivity contribution in [2.24, 2.45) is 0 Å². The largest absolute Gasteiger partial charge is 0.481 e. The summed E-state index contributed by atoms with van der Waals surface area (Å²) < 4.78 is 17.4. The summed E-state index contributed by atoms with van der Waals surface area (Å²) in [6.07, 6.45) is -2.65. The maximum absolute atomic E-state index is 15.5. The molecule has 7 nitrogen and oxygen atoms in total. The summed E-state index contributed by atoms with van der Waals surface area (Å²) in [5.41, 5.74) is 3.84. The van der Waals surface area contributed by atoms with Crippen molar-refractivity contribution in [2.45, 2.75) is 57.8 Å². The van der Waals surface area contributed by atoms with Crippen LogP contribution in [0.2, 0.25) is 0 Å². The van der Waals surface area contributed by atoms with Crippen molar-refractivity contribution in [1.29, 1.82) is 0 Å². The predicted molar refractivity (Wildman–Crippen MR) is 157 cm³/mol. The van der Waals surface area contributed by atoms with Crippen LogP contribution in [0, 0.1) is 5.82 Å². The fourth-order valence-corrected chi connectivity index (χ4v) is 5.23. The molecule has 4 aromatic rings. The number of aromatic nitrogens is 1. The Bertz CT molecular complexity index is 1480. The van der Waals surface area contributed by atoms with Gasteiger partial charge in [0.25, 0.3) is 5.91 Å².